The molecule has 58 heavy (non-hydrogen) atoms. The third-order valence-corrected chi connectivity index (χ3v) is 11.6. The molecule has 3 N–H and O–H groups in total. The summed E-state index contributed by atoms with van der Waals surface area (Å²) in [6.07, 6.45) is 2.57. The largest absolute Gasteiger partial charge is 0.469 e. The second-order valence-corrected chi connectivity index (χ2v) is 15.9. The van der Waals surface area contributed by atoms with E-state index in [1.807, 2.05) is 87.2 Å². The van der Waals surface area contributed by atoms with E-state index >= 15 is 0 Å². The van der Waals surface area contributed by atoms with Crippen LogP contribution in [0.25, 0.3) is 44.3 Å². The minimum atomic E-state index is -0.718. The zero-order valence-corrected chi connectivity index (χ0v) is 33.8. The van der Waals surface area contributed by atoms with Crippen LogP contribution in [0, 0.1) is 29.1 Å². The first-order valence-electron chi connectivity index (χ1n) is 20.0. The maximum atomic E-state index is 13.7. The fourth-order valence-corrected chi connectivity index (χ4v) is 8.38. The summed E-state index contributed by atoms with van der Waals surface area (Å²) in [7, 11) is 2.62. The number of carbonyl (C=O) groups is 4. The van der Waals surface area contributed by atoms with Gasteiger partial charge in [0.15, 0.2) is 0 Å². The van der Waals surface area contributed by atoms with Crippen LogP contribution < -0.4 is 5.32 Å². The van der Waals surface area contributed by atoms with E-state index in [0.717, 1.165) is 70.0 Å². The second-order valence-electron chi connectivity index (χ2n) is 15.9. The van der Waals surface area contributed by atoms with Crippen molar-refractivity contribution in [2.45, 2.75) is 77.9 Å². The number of nitrogens with one attached hydrogen (secondary N) is 3. The van der Waals surface area contributed by atoms with Crippen molar-refractivity contribution in [3.63, 3.8) is 0 Å². The smallest absolute Gasteiger partial charge is 0.407 e. The number of likely N-dealkylation sites (tertiary alicyclic amines) is 2. The number of hydrogen-bond donors (Lipinski definition) is 3. The van der Waals surface area contributed by atoms with Crippen molar-refractivity contribution >= 4 is 45.9 Å². The van der Waals surface area contributed by atoms with Crippen LogP contribution in [-0.4, -0.2) is 87.0 Å². The maximum absolute atomic E-state index is 13.7. The number of benzene rings is 3. The normalized spacial score (nSPS) is 17.8. The lowest BCUT2D eigenvalue weighted by molar-refractivity contribution is -0.148. The lowest BCUT2D eigenvalue weighted by atomic mass is 9.91. The van der Waals surface area contributed by atoms with Crippen LogP contribution in [0.4, 0.5) is 4.79 Å². The van der Waals surface area contributed by atoms with Crippen molar-refractivity contribution in [2.75, 3.05) is 27.3 Å². The molecule has 2 saturated heterocycles. The number of hydrogen-bond acceptors (Lipinski definition) is 9. The van der Waals surface area contributed by atoms with Gasteiger partial charge in [-0.25, -0.2) is 14.8 Å². The van der Waals surface area contributed by atoms with Crippen LogP contribution in [0.3, 0.4) is 0 Å². The quantitative estimate of drug-likeness (QED) is 0.117. The first-order valence-corrected chi connectivity index (χ1v) is 20.0. The summed E-state index contributed by atoms with van der Waals surface area (Å²) >= 11 is 0. The first kappa shape index (κ1) is 40.0. The van der Waals surface area contributed by atoms with Gasteiger partial charge in [0.2, 0.25) is 11.8 Å². The molecule has 3 aromatic carbocycles. The fourth-order valence-electron chi connectivity index (χ4n) is 8.38. The van der Waals surface area contributed by atoms with Crippen molar-refractivity contribution in [1.82, 2.24) is 35.1 Å². The third-order valence-electron chi connectivity index (χ3n) is 11.6. The predicted octanol–water partition coefficient (Wildman–Crippen LogP) is 7.19. The summed E-state index contributed by atoms with van der Waals surface area (Å²) in [4.78, 5) is 71.8. The van der Waals surface area contributed by atoms with Crippen LogP contribution in [0.1, 0.15) is 89.1 Å². The summed E-state index contributed by atoms with van der Waals surface area (Å²) in [5, 5.41) is 13.0. The number of nitrogens with zero attached hydrogens (tertiary/aromatic N) is 5. The molecule has 2 aliphatic rings. The van der Waals surface area contributed by atoms with Gasteiger partial charge >= 0.3 is 12.1 Å². The fraction of sp³-hybridized carbons (Fsp3) is 0.432. The van der Waals surface area contributed by atoms with Crippen LogP contribution in [0.15, 0.2) is 54.6 Å². The molecule has 2 aliphatic heterocycles. The highest BCUT2D eigenvalue weighted by Gasteiger charge is 2.39. The van der Waals surface area contributed by atoms with E-state index in [1.54, 1.807) is 4.90 Å². The number of H-pyrrole nitrogens is 2. The van der Waals surface area contributed by atoms with Crippen molar-refractivity contribution in [2.24, 2.45) is 17.8 Å². The van der Waals surface area contributed by atoms with Crippen molar-refractivity contribution < 1.29 is 28.7 Å². The molecular formula is C44H50N8O6. The number of imidazole rings is 2. The Balaban J connectivity index is 1.11. The Hall–Kier alpha value is -6.23. The average molecular weight is 787 g/mol. The molecule has 0 spiro atoms. The molecule has 14 heteroatoms. The van der Waals surface area contributed by atoms with Crippen LogP contribution in [0.2, 0.25) is 0 Å². The predicted molar refractivity (Wildman–Crippen MR) is 218 cm³/mol. The molecule has 4 heterocycles. The zero-order chi connectivity index (χ0) is 41.2. The number of amides is 3. The van der Waals surface area contributed by atoms with Gasteiger partial charge < -0.3 is 34.6 Å². The highest BCUT2D eigenvalue weighted by Crippen LogP contribution is 2.37. The zero-order valence-electron chi connectivity index (χ0n) is 33.8. The van der Waals surface area contributed by atoms with E-state index < -0.39 is 24.0 Å². The highest BCUT2D eigenvalue weighted by atomic mass is 16.5. The van der Waals surface area contributed by atoms with E-state index in [0.29, 0.717) is 30.3 Å². The molecule has 302 valence electrons. The minimum absolute atomic E-state index is 0.0255. The first-order chi connectivity index (χ1) is 27.9. The van der Waals surface area contributed by atoms with Crippen LogP contribution in [-0.2, 0) is 23.9 Å². The Morgan fingerprint density at radius 1 is 0.776 bits per heavy atom. The van der Waals surface area contributed by atoms with E-state index in [4.69, 9.17) is 19.4 Å². The van der Waals surface area contributed by atoms with E-state index in [-0.39, 0.29) is 42.2 Å². The van der Waals surface area contributed by atoms with E-state index in [2.05, 4.69) is 21.4 Å². The van der Waals surface area contributed by atoms with Gasteiger partial charge in [0, 0.05) is 13.1 Å². The Morgan fingerprint density at radius 2 is 1.33 bits per heavy atom. The molecule has 0 bridgehead atoms. The number of methoxy groups -OCH3 is 2. The summed E-state index contributed by atoms with van der Waals surface area (Å²) < 4.78 is 9.64. The molecular weight excluding hydrogens is 737 g/mol. The average Bonchev–Trinajstić information content (AvgIpc) is 4.05. The SMILES string of the molecule is COC(=O)C[C@H](C(=O)N1CCC[C@H]1c1nc2ccc(-c3ccc(-c4ccc5nc([C@@H]6CCCN6C(=O)[C@@H](NC(=O)OC)C(C)C)[nH]c5c4)cc3C#N)cc2[nH]1)C(C)C. The monoisotopic (exact) mass is 786 g/mol. The van der Waals surface area contributed by atoms with E-state index in [1.165, 1.54) is 14.2 Å². The Bertz CT molecular complexity index is 2410. The van der Waals surface area contributed by atoms with Gasteiger partial charge in [-0.05, 0) is 90.1 Å². The molecule has 0 radical (unpaired) electrons. The number of fused-ring (bicyclic) bond motifs is 2. The third kappa shape index (κ3) is 7.85. The molecule has 2 fully saturated rings. The van der Waals surface area contributed by atoms with Gasteiger partial charge in [-0.1, -0.05) is 52.0 Å². The highest BCUT2D eigenvalue weighted by molar-refractivity contribution is 5.89. The molecule has 0 aliphatic carbocycles. The van der Waals surface area contributed by atoms with Crippen molar-refractivity contribution in [3.8, 4) is 28.3 Å². The summed E-state index contributed by atoms with van der Waals surface area (Å²) in [5.41, 5.74) is 7.07. The van der Waals surface area contributed by atoms with Crippen molar-refractivity contribution in [3.05, 3.63) is 71.8 Å². The molecule has 4 atom stereocenters. The Kier molecular flexibility index (Phi) is 11.5. The number of aromatic nitrogens is 4. The van der Waals surface area contributed by atoms with Crippen LogP contribution in [0.5, 0.6) is 0 Å². The van der Waals surface area contributed by atoms with Gasteiger partial charge in [-0.15, -0.1) is 0 Å². The van der Waals surface area contributed by atoms with Crippen molar-refractivity contribution in [1.29, 1.82) is 5.26 Å². The second kappa shape index (κ2) is 16.7. The van der Waals surface area contributed by atoms with Gasteiger partial charge in [0.25, 0.3) is 0 Å². The molecule has 0 unspecified atom stereocenters. The number of alkyl carbamates (subject to hydrolysis) is 1. The number of rotatable bonds is 11. The summed E-state index contributed by atoms with van der Waals surface area (Å²) in [6, 6.07) is 18.8. The standard InChI is InChI=1S/C44H50N8O6/c1-24(2)31(22-38(53)57-5)42(54)51-17-7-9-36(51)40-47-33-16-13-28(21-35(33)49-40)30-14-11-26(19-29(30)23-45)27-12-15-32-34(20-27)48-41(46-32)37-10-8-18-52(37)43(55)39(25(3)4)50-44(56)58-6/h11-16,19-21,24-25,31,36-37,39H,7-10,17-18,22H2,1-6H3,(H,46,48)(H,47,49)(H,50,56)/t31-,36-,37-,39-/m0/s1. The molecule has 5 aromatic rings. The molecule has 14 nitrogen and oxygen atoms in total. The summed E-state index contributed by atoms with van der Waals surface area (Å²) in [6.45, 7) is 8.83. The minimum Gasteiger partial charge on any atom is -0.469 e. The van der Waals surface area contributed by atoms with Gasteiger partial charge in [-0.2, -0.15) is 5.26 Å². The number of nitriles is 1. The topological polar surface area (TPSA) is 186 Å². The van der Waals surface area contributed by atoms with Gasteiger partial charge in [0.05, 0.1) is 72.3 Å². The number of carbonyl (C=O) groups excluding carboxylic acids is 4. The van der Waals surface area contributed by atoms with Crippen LogP contribution >= 0.6 is 0 Å². The van der Waals surface area contributed by atoms with Gasteiger partial charge in [-0.3, -0.25) is 14.4 Å². The Labute approximate surface area is 337 Å². The van der Waals surface area contributed by atoms with E-state index in [9.17, 15) is 24.4 Å². The lowest BCUT2D eigenvalue weighted by Gasteiger charge is -2.29. The maximum Gasteiger partial charge on any atom is 0.407 e. The molecule has 3 amide bonds. The molecule has 2 aromatic heterocycles. The molecule has 0 saturated carbocycles. The number of ether oxygens (including phenoxy) is 2. The number of esters is 1. The summed E-state index contributed by atoms with van der Waals surface area (Å²) in [5.74, 6) is 0.138. The number of aromatic amines is 2. The molecule has 7 rings (SSSR count). The van der Waals surface area contributed by atoms with Gasteiger partial charge in [0.1, 0.15) is 17.7 Å². The Morgan fingerprint density at radius 3 is 1.88 bits per heavy atom. The lowest BCUT2D eigenvalue weighted by Crippen LogP contribution is -2.51.